The Morgan fingerprint density at radius 1 is 0.885 bits per heavy atom. The predicted octanol–water partition coefficient (Wildman–Crippen LogP) is 0.745. The highest BCUT2D eigenvalue weighted by molar-refractivity contribution is 5.55. The van der Waals surface area contributed by atoms with E-state index in [-0.39, 0.29) is 0 Å². The van der Waals surface area contributed by atoms with Gasteiger partial charge in [-0.15, -0.1) is 0 Å². The van der Waals surface area contributed by atoms with Crippen LogP contribution in [0.3, 0.4) is 0 Å². The number of benzene rings is 2. The molecule has 3 unspecified atom stereocenters. The lowest BCUT2D eigenvalue weighted by Crippen LogP contribution is -2.98. The van der Waals surface area contributed by atoms with Crippen LogP contribution in [0.1, 0.15) is 34.1 Å². The predicted molar refractivity (Wildman–Crippen MR) is 95.8 cm³/mol. The number of hydrogen-bond acceptors (Lipinski definition) is 5. The minimum absolute atomic E-state index is 0.564. The summed E-state index contributed by atoms with van der Waals surface area (Å²) in [5, 5.41) is 54.3. The average Bonchev–Trinajstić information content (AvgIpc) is 2.64. The van der Waals surface area contributed by atoms with Crippen LogP contribution in [-0.2, 0) is 0 Å². The summed E-state index contributed by atoms with van der Waals surface area (Å²) in [7, 11) is 0. The third-order valence-electron chi connectivity index (χ3n) is 6.67. The van der Waals surface area contributed by atoms with Crippen molar-refractivity contribution in [2.24, 2.45) is 0 Å². The Morgan fingerprint density at radius 3 is 2.12 bits per heavy atom. The minimum atomic E-state index is -2.03. The molecule has 2 fully saturated rings. The standard InChI is InChI=1S/C21H24O5/c1-12-8-9-15(10-13(12)2)16-18(23)20(25)17(14-6-4-3-5-7-14)19(24,11-22)21(16,20)26/h3-10,16-18,22-26H,11H2,1-2H3/t16?,17?,18?,19-,20-,21-/m0/s1. The van der Waals surface area contributed by atoms with E-state index in [9.17, 15) is 25.5 Å². The summed E-state index contributed by atoms with van der Waals surface area (Å²) in [4.78, 5) is 0. The molecule has 0 aromatic heterocycles. The molecule has 0 heterocycles. The molecule has 2 aromatic carbocycles. The van der Waals surface area contributed by atoms with Gasteiger partial charge in [-0.2, -0.15) is 0 Å². The van der Waals surface area contributed by atoms with E-state index in [0.29, 0.717) is 11.1 Å². The van der Waals surface area contributed by atoms with Crippen LogP contribution < -0.4 is 0 Å². The summed E-state index contributed by atoms with van der Waals surface area (Å²) in [6.07, 6.45) is -1.26. The van der Waals surface area contributed by atoms with Gasteiger partial charge in [-0.3, -0.25) is 0 Å². The van der Waals surface area contributed by atoms with Crippen molar-refractivity contribution >= 4 is 0 Å². The molecule has 0 amide bonds. The van der Waals surface area contributed by atoms with Gasteiger partial charge < -0.3 is 25.5 Å². The maximum atomic E-state index is 11.3. The molecule has 2 saturated carbocycles. The fraction of sp³-hybridized carbons (Fsp3) is 0.429. The molecular weight excluding hydrogens is 332 g/mol. The second kappa shape index (κ2) is 5.38. The van der Waals surface area contributed by atoms with Crippen molar-refractivity contribution in [2.45, 2.75) is 48.6 Å². The Balaban J connectivity index is 1.82. The molecule has 2 aliphatic carbocycles. The second-order valence-electron chi connectivity index (χ2n) is 7.78. The first-order valence-electron chi connectivity index (χ1n) is 8.81. The normalized spacial score (nSPS) is 41.1. The zero-order valence-corrected chi connectivity index (χ0v) is 14.8. The van der Waals surface area contributed by atoms with Gasteiger partial charge in [0.15, 0.2) is 0 Å². The van der Waals surface area contributed by atoms with Gasteiger partial charge in [0.2, 0.25) is 0 Å². The molecule has 0 bridgehead atoms. The minimum Gasteiger partial charge on any atom is -0.393 e. The maximum Gasteiger partial charge on any atom is 0.137 e. The summed E-state index contributed by atoms with van der Waals surface area (Å²) in [5.41, 5.74) is -2.66. The lowest BCUT2D eigenvalue weighted by molar-refractivity contribution is -0.448. The van der Waals surface area contributed by atoms with Gasteiger partial charge in [0, 0.05) is 5.92 Å². The Morgan fingerprint density at radius 2 is 1.54 bits per heavy atom. The van der Waals surface area contributed by atoms with Gasteiger partial charge >= 0.3 is 0 Å². The van der Waals surface area contributed by atoms with Crippen LogP contribution in [0.15, 0.2) is 48.5 Å². The molecule has 2 aliphatic rings. The summed E-state index contributed by atoms with van der Waals surface area (Å²) in [6, 6.07) is 14.2. The van der Waals surface area contributed by atoms with Crippen LogP contribution in [0.25, 0.3) is 0 Å². The third-order valence-corrected chi connectivity index (χ3v) is 6.67. The van der Waals surface area contributed by atoms with Crippen molar-refractivity contribution in [1.29, 1.82) is 0 Å². The van der Waals surface area contributed by atoms with Crippen molar-refractivity contribution in [3.63, 3.8) is 0 Å². The zero-order chi connectivity index (χ0) is 18.9. The first-order valence-corrected chi connectivity index (χ1v) is 8.81. The van der Waals surface area contributed by atoms with Crippen LogP contribution in [0.5, 0.6) is 0 Å². The van der Waals surface area contributed by atoms with E-state index in [1.807, 2.05) is 26.0 Å². The molecule has 6 atom stereocenters. The molecule has 0 radical (unpaired) electrons. The topological polar surface area (TPSA) is 101 Å². The van der Waals surface area contributed by atoms with Crippen molar-refractivity contribution < 1.29 is 25.5 Å². The number of fused-ring (bicyclic) bond motifs is 1. The zero-order valence-electron chi connectivity index (χ0n) is 14.8. The molecule has 2 aromatic rings. The van der Waals surface area contributed by atoms with Crippen LogP contribution >= 0.6 is 0 Å². The molecule has 26 heavy (non-hydrogen) atoms. The molecule has 0 spiro atoms. The van der Waals surface area contributed by atoms with Crippen LogP contribution in [-0.4, -0.2) is 55.0 Å². The van der Waals surface area contributed by atoms with E-state index in [1.165, 1.54) is 0 Å². The summed E-state index contributed by atoms with van der Waals surface area (Å²) < 4.78 is 0. The van der Waals surface area contributed by atoms with Crippen LogP contribution in [0.2, 0.25) is 0 Å². The van der Waals surface area contributed by atoms with Crippen molar-refractivity contribution in [3.8, 4) is 0 Å². The number of aryl methyl sites for hydroxylation is 2. The first kappa shape index (κ1) is 17.6. The fourth-order valence-corrected chi connectivity index (χ4v) is 5.14. The van der Waals surface area contributed by atoms with E-state index in [0.717, 1.165) is 11.1 Å². The fourth-order valence-electron chi connectivity index (χ4n) is 5.14. The molecule has 5 heteroatoms. The monoisotopic (exact) mass is 356 g/mol. The van der Waals surface area contributed by atoms with Gasteiger partial charge in [0.1, 0.15) is 16.8 Å². The van der Waals surface area contributed by atoms with E-state index >= 15 is 0 Å². The Bertz CT molecular complexity index is 841. The van der Waals surface area contributed by atoms with Crippen molar-refractivity contribution in [3.05, 3.63) is 70.8 Å². The summed E-state index contributed by atoms with van der Waals surface area (Å²) >= 11 is 0. The smallest absolute Gasteiger partial charge is 0.137 e. The molecular formula is C21H24O5. The quantitative estimate of drug-likeness (QED) is 0.559. The molecule has 138 valence electrons. The highest BCUT2D eigenvalue weighted by Crippen LogP contribution is 2.74. The van der Waals surface area contributed by atoms with Gasteiger partial charge in [-0.25, -0.2) is 0 Å². The van der Waals surface area contributed by atoms with E-state index < -0.39 is 41.3 Å². The number of aliphatic hydroxyl groups excluding tert-OH is 2. The Kier molecular flexibility index (Phi) is 3.65. The van der Waals surface area contributed by atoms with Gasteiger partial charge in [0.05, 0.1) is 18.6 Å². The second-order valence-corrected chi connectivity index (χ2v) is 7.78. The largest absolute Gasteiger partial charge is 0.393 e. The van der Waals surface area contributed by atoms with E-state index in [2.05, 4.69) is 0 Å². The molecule has 5 N–H and O–H groups in total. The van der Waals surface area contributed by atoms with Gasteiger partial charge in [-0.1, -0.05) is 48.5 Å². The lowest BCUT2D eigenvalue weighted by Gasteiger charge is -2.79. The maximum absolute atomic E-state index is 11.3. The average molecular weight is 356 g/mol. The van der Waals surface area contributed by atoms with E-state index in [4.69, 9.17) is 0 Å². The number of hydrogen-bond donors (Lipinski definition) is 5. The van der Waals surface area contributed by atoms with Gasteiger partial charge in [0.25, 0.3) is 0 Å². The molecule has 4 rings (SSSR count). The Labute approximate surface area is 152 Å². The molecule has 0 saturated heterocycles. The van der Waals surface area contributed by atoms with Crippen LogP contribution in [0, 0.1) is 13.8 Å². The van der Waals surface area contributed by atoms with Crippen LogP contribution in [0.4, 0.5) is 0 Å². The third kappa shape index (κ3) is 1.73. The highest BCUT2D eigenvalue weighted by Gasteiger charge is 2.92. The summed E-state index contributed by atoms with van der Waals surface area (Å²) in [6.45, 7) is 3.16. The lowest BCUT2D eigenvalue weighted by atomic mass is 9.31. The van der Waals surface area contributed by atoms with Crippen molar-refractivity contribution in [1.82, 2.24) is 0 Å². The first-order chi connectivity index (χ1) is 12.2. The Hall–Kier alpha value is -1.76. The van der Waals surface area contributed by atoms with E-state index in [1.54, 1.807) is 36.4 Å². The number of aliphatic hydroxyl groups is 5. The molecule has 0 aliphatic heterocycles. The van der Waals surface area contributed by atoms with Crippen molar-refractivity contribution in [2.75, 3.05) is 6.61 Å². The van der Waals surface area contributed by atoms with Gasteiger partial charge in [-0.05, 0) is 36.1 Å². The summed E-state index contributed by atoms with van der Waals surface area (Å²) in [5.74, 6) is -1.87. The number of rotatable bonds is 3. The SMILES string of the molecule is Cc1ccc(C2C(O)[C@@]3(O)C(c4ccccc4)[C@@](O)(CO)[C@@]23O)cc1C. The molecule has 5 nitrogen and oxygen atoms in total. The highest BCUT2D eigenvalue weighted by atomic mass is 16.4.